The second-order valence-corrected chi connectivity index (χ2v) is 5.19. The van der Waals surface area contributed by atoms with Gasteiger partial charge < -0.3 is 5.32 Å². The largest absolute Gasteiger partial charge is 0.308 e. The summed E-state index contributed by atoms with van der Waals surface area (Å²) in [6.07, 6.45) is 1.62. The van der Waals surface area contributed by atoms with Crippen LogP contribution in [0.2, 0.25) is 0 Å². The number of thiophene rings is 1. The molecule has 0 amide bonds. The molecule has 2 heterocycles. The molecule has 4 heteroatoms. The Kier molecular flexibility index (Phi) is 3.27. The number of aromatic nitrogens is 1. The zero-order valence-electron chi connectivity index (χ0n) is 10.4. The summed E-state index contributed by atoms with van der Waals surface area (Å²) in [5, 5.41) is 6.39. The Morgan fingerprint density at radius 3 is 2.89 bits per heavy atom. The Morgan fingerprint density at radius 2 is 2.11 bits per heavy atom. The van der Waals surface area contributed by atoms with Gasteiger partial charge >= 0.3 is 0 Å². The molecule has 2 aromatic heterocycles. The second-order valence-electron chi connectivity index (χ2n) is 4.28. The Hall–Kier alpha value is -1.78. The van der Waals surface area contributed by atoms with Gasteiger partial charge in [-0.05, 0) is 41.6 Å². The van der Waals surface area contributed by atoms with E-state index in [4.69, 9.17) is 0 Å². The standard InChI is InChI=1S/C15H13FN2S/c1-17-13(14-12(16)6-3-8-18-14)11-5-2-4-10-7-9-19-15(10)11/h2-9,13,17H,1H3. The third kappa shape index (κ3) is 2.13. The molecule has 19 heavy (non-hydrogen) atoms. The maximum atomic E-state index is 13.9. The summed E-state index contributed by atoms with van der Waals surface area (Å²) in [4.78, 5) is 4.18. The maximum Gasteiger partial charge on any atom is 0.146 e. The van der Waals surface area contributed by atoms with Crippen LogP contribution in [0.25, 0.3) is 10.1 Å². The average molecular weight is 272 g/mol. The smallest absolute Gasteiger partial charge is 0.146 e. The van der Waals surface area contributed by atoms with E-state index < -0.39 is 0 Å². The van der Waals surface area contributed by atoms with Crippen LogP contribution in [0.3, 0.4) is 0 Å². The molecule has 1 unspecified atom stereocenters. The molecule has 0 saturated heterocycles. The number of nitrogens with one attached hydrogen (secondary N) is 1. The van der Waals surface area contributed by atoms with Crippen molar-refractivity contribution in [3.8, 4) is 0 Å². The van der Waals surface area contributed by atoms with Gasteiger partial charge in [-0.1, -0.05) is 18.2 Å². The quantitative estimate of drug-likeness (QED) is 0.785. The molecule has 3 rings (SSSR count). The summed E-state index contributed by atoms with van der Waals surface area (Å²) in [6, 6.07) is 11.0. The van der Waals surface area contributed by atoms with Crippen molar-refractivity contribution in [1.82, 2.24) is 10.3 Å². The lowest BCUT2D eigenvalue weighted by Gasteiger charge is -2.17. The minimum Gasteiger partial charge on any atom is -0.308 e. The van der Waals surface area contributed by atoms with E-state index in [0.717, 1.165) is 5.56 Å². The Labute approximate surface area is 114 Å². The van der Waals surface area contributed by atoms with Gasteiger partial charge in [0.05, 0.1) is 11.7 Å². The highest BCUT2D eigenvalue weighted by molar-refractivity contribution is 7.17. The van der Waals surface area contributed by atoms with E-state index in [2.05, 4.69) is 27.8 Å². The first kappa shape index (κ1) is 12.3. The van der Waals surface area contributed by atoms with Crippen molar-refractivity contribution in [2.75, 3.05) is 7.05 Å². The lowest BCUT2D eigenvalue weighted by Crippen LogP contribution is -2.20. The fourth-order valence-electron chi connectivity index (χ4n) is 2.29. The van der Waals surface area contributed by atoms with Crippen LogP contribution in [0.1, 0.15) is 17.3 Å². The highest BCUT2D eigenvalue weighted by Crippen LogP contribution is 2.32. The van der Waals surface area contributed by atoms with Gasteiger partial charge in [-0.2, -0.15) is 0 Å². The molecule has 0 bridgehead atoms. The van der Waals surface area contributed by atoms with Crippen molar-refractivity contribution in [2.24, 2.45) is 0 Å². The summed E-state index contributed by atoms with van der Waals surface area (Å²) in [6.45, 7) is 0. The van der Waals surface area contributed by atoms with Crippen LogP contribution in [0.15, 0.2) is 48.0 Å². The molecular weight excluding hydrogens is 259 g/mol. The van der Waals surface area contributed by atoms with E-state index in [1.165, 1.54) is 16.2 Å². The molecule has 0 aliphatic rings. The van der Waals surface area contributed by atoms with Crippen LogP contribution in [0.4, 0.5) is 4.39 Å². The van der Waals surface area contributed by atoms with E-state index in [0.29, 0.717) is 5.69 Å². The van der Waals surface area contributed by atoms with E-state index >= 15 is 0 Å². The lowest BCUT2D eigenvalue weighted by molar-refractivity contribution is 0.561. The molecule has 0 aliphatic heterocycles. The van der Waals surface area contributed by atoms with Crippen LogP contribution in [-0.4, -0.2) is 12.0 Å². The van der Waals surface area contributed by atoms with Crippen molar-refractivity contribution in [3.63, 3.8) is 0 Å². The first-order chi connectivity index (χ1) is 9.31. The van der Waals surface area contributed by atoms with E-state index in [1.54, 1.807) is 23.6 Å². The Balaban J connectivity index is 2.18. The van der Waals surface area contributed by atoms with Gasteiger partial charge in [0, 0.05) is 10.9 Å². The molecule has 3 aromatic rings. The molecule has 2 nitrogen and oxygen atoms in total. The van der Waals surface area contributed by atoms with Gasteiger partial charge in [-0.25, -0.2) is 4.39 Å². The van der Waals surface area contributed by atoms with Gasteiger partial charge in [0.25, 0.3) is 0 Å². The van der Waals surface area contributed by atoms with Crippen LogP contribution < -0.4 is 5.32 Å². The topological polar surface area (TPSA) is 24.9 Å². The number of nitrogens with zero attached hydrogens (tertiary/aromatic N) is 1. The van der Waals surface area contributed by atoms with E-state index in [9.17, 15) is 4.39 Å². The third-order valence-electron chi connectivity index (χ3n) is 3.17. The zero-order valence-corrected chi connectivity index (χ0v) is 11.2. The SMILES string of the molecule is CNC(c1ncccc1F)c1cccc2ccsc12. The number of hydrogen-bond acceptors (Lipinski definition) is 3. The predicted molar refractivity (Wildman–Crippen MR) is 76.9 cm³/mol. The predicted octanol–water partition coefficient (Wildman–Crippen LogP) is 3.74. The monoisotopic (exact) mass is 272 g/mol. The minimum absolute atomic E-state index is 0.233. The number of pyridine rings is 1. The molecule has 0 aliphatic carbocycles. The molecule has 1 N–H and O–H groups in total. The van der Waals surface area contributed by atoms with Crippen molar-refractivity contribution in [3.05, 3.63) is 65.0 Å². The summed E-state index contributed by atoms with van der Waals surface area (Å²) < 4.78 is 15.1. The van der Waals surface area contributed by atoms with Gasteiger partial charge in [-0.15, -0.1) is 11.3 Å². The molecule has 96 valence electrons. The highest BCUT2D eigenvalue weighted by atomic mass is 32.1. The molecule has 1 atom stereocenters. The van der Waals surface area contributed by atoms with Gasteiger partial charge in [-0.3, -0.25) is 4.98 Å². The van der Waals surface area contributed by atoms with Crippen molar-refractivity contribution >= 4 is 21.4 Å². The summed E-state index contributed by atoms with van der Waals surface area (Å²) in [5.74, 6) is -0.282. The van der Waals surface area contributed by atoms with Crippen LogP contribution in [-0.2, 0) is 0 Å². The Morgan fingerprint density at radius 1 is 1.21 bits per heavy atom. The van der Waals surface area contributed by atoms with Gasteiger partial charge in [0.1, 0.15) is 5.82 Å². The zero-order chi connectivity index (χ0) is 13.2. The maximum absolute atomic E-state index is 13.9. The average Bonchev–Trinajstić information content (AvgIpc) is 2.91. The van der Waals surface area contributed by atoms with Gasteiger partial charge in [0.15, 0.2) is 0 Å². The van der Waals surface area contributed by atoms with Crippen LogP contribution >= 0.6 is 11.3 Å². The second kappa shape index (κ2) is 5.07. The molecule has 0 saturated carbocycles. The summed E-state index contributed by atoms with van der Waals surface area (Å²) in [5.41, 5.74) is 1.50. The fraction of sp³-hybridized carbons (Fsp3) is 0.133. The van der Waals surface area contributed by atoms with Crippen molar-refractivity contribution in [1.29, 1.82) is 0 Å². The van der Waals surface area contributed by atoms with Crippen molar-refractivity contribution in [2.45, 2.75) is 6.04 Å². The summed E-state index contributed by atoms with van der Waals surface area (Å²) >= 11 is 1.67. The molecule has 0 fully saturated rings. The van der Waals surface area contributed by atoms with E-state index in [-0.39, 0.29) is 11.9 Å². The highest BCUT2D eigenvalue weighted by Gasteiger charge is 2.19. The molecule has 0 spiro atoms. The fourth-order valence-corrected chi connectivity index (χ4v) is 3.24. The van der Waals surface area contributed by atoms with Crippen LogP contribution in [0.5, 0.6) is 0 Å². The normalized spacial score (nSPS) is 12.7. The molecule has 0 radical (unpaired) electrons. The van der Waals surface area contributed by atoms with Gasteiger partial charge in [0.2, 0.25) is 0 Å². The molecular formula is C15H13FN2S. The first-order valence-corrected chi connectivity index (χ1v) is 6.93. The summed E-state index contributed by atoms with van der Waals surface area (Å²) in [7, 11) is 1.82. The number of halogens is 1. The Bertz CT molecular complexity index is 708. The van der Waals surface area contributed by atoms with E-state index in [1.807, 2.05) is 19.2 Å². The minimum atomic E-state index is -0.282. The number of rotatable bonds is 3. The number of benzene rings is 1. The molecule has 1 aromatic carbocycles. The van der Waals surface area contributed by atoms with Crippen LogP contribution in [0, 0.1) is 5.82 Å². The van der Waals surface area contributed by atoms with Crippen molar-refractivity contribution < 1.29 is 4.39 Å². The lowest BCUT2D eigenvalue weighted by atomic mass is 10.0. The number of hydrogen-bond donors (Lipinski definition) is 1. The third-order valence-corrected chi connectivity index (χ3v) is 4.15. The first-order valence-electron chi connectivity index (χ1n) is 6.05. The number of fused-ring (bicyclic) bond motifs is 1.